The summed E-state index contributed by atoms with van der Waals surface area (Å²) in [6.45, 7) is 0.957. The molecule has 1 aromatic heterocycles. The summed E-state index contributed by atoms with van der Waals surface area (Å²) < 4.78 is 0. The van der Waals surface area contributed by atoms with Gasteiger partial charge in [-0.3, -0.25) is 9.59 Å². The third kappa shape index (κ3) is 4.05. The van der Waals surface area contributed by atoms with Gasteiger partial charge in [0.2, 0.25) is 5.91 Å². The molecule has 0 spiro atoms. The number of anilines is 1. The maximum atomic E-state index is 12.5. The van der Waals surface area contributed by atoms with Gasteiger partial charge < -0.3 is 15.3 Å². The molecule has 3 rings (SSSR count). The number of aromatic nitrogens is 1. The first-order valence-electron chi connectivity index (χ1n) is 8.39. The average molecular weight is 353 g/mol. The van der Waals surface area contributed by atoms with E-state index in [1.807, 2.05) is 30.3 Å². The van der Waals surface area contributed by atoms with Gasteiger partial charge in [0, 0.05) is 30.9 Å². The fourth-order valence-electron chi connectivity index (χ4n) is 2.94. The highest BCUT2D eigenvalue weighted by molar-refractivity contribution is 5.96. The number of nitrogens with one attached hydrogen (secondary N) is 1. The quantitative estimate of drug-likeness (QED) is 0.878. The average Bonchev–Trinajstić information content (AvgIpc) is 2.68. The summed E-state index contributed by atoms with van der Waals surface area (Å²) in [4.78, 5) is 41.1. The monoisotopic (exact) mass is 353 g/mol. The summed E-state index contributed by atoms with van der Waals surface area (Å²) in [5.74, 6) is -1.49. The Morgan fingerprint density at radius 1 is 1.04 bits per heavy atom. The van der Waals surface area contributed by atoms with Gasteiger partial charge >= 0.3 is 5.97 Å². The summed E-state index contributed by atoms with van der Waals surface area (Å²) in [6.07, 6.45) is 2.45. The Balaban J connectivity index is 1.55. The zero-order chi connectivity index (χ0) is 18.5. The Kier molecular flexibility index (Phi) is 5.26. The van der Waals surface area contributed by atoms with E-state index in [-0.39, 0.29) is 23.4 Å². The summed E-state index contributed by atoms with van der Waals surface area (Å²) in [6, 6.07) is 12.1. The van der Waals surface area contributed by atoms with E-state index in [0.29, 0.717) is 31.5 Å². The number of hydrogen-bond donors (Lipinski definition) is 2. The minimum absolute atomic E-state index is 0.0317. The van der Waals surface area contributed by atoms with Crippen LogP contribution in [0, 0.1) is 5.92 Å². The van der Waals surface area contributed by atoms with E-state index in [1.165, 1.54) is 18.3 Å². The number of carbonyl (C=O) groups excluding carboxylic acids is 2. The van der Waals surface area contributed by atoms with Gasteiger partial charge in [0.25, 0.3) is 5.91 Å². The Morgan fingerprint density at radius 3 is 2.31 bits per heavy atom. The van der Waals surface area contributed by atoms with Gasteiger partial charge in [0.15, 0.2) is 0 Å². The first-order valence-corrected chi connectivity index (χ1v) is 8.39. The molecule has 7 nitrogen and oxygen atoms in total. The summed E-state index contributed by atoms with van der Waals surface area (Å²) in [5, 5.41) is 11.8. The number of carboxylic acid groups (broad SMARTS) is 1. The molecule has 26 heavy (non-hydrogen) atoms. The minimum atomic E-state index is -1.13. The third-order valence-corrected chi connectivity index (χ3v) is 4.42. The zero-order valence-electron chi connectivity index (χ0n) is 14.1. The second kappa shape index (κ2) is 7.77. The van der Waals surface area contributed by atoms with Crippen molar-refractivity contribution in [2.75, 3.05) is 18.4 Å². The normalized spacial score (nSPS) is 14.7. The number of nitrogens with zero attached hydrogens (tertiary/aromatic N) is 2. The number of aromatic carboxylic acids is 1. The van der Waals surface area contributed by atoms with Crippen LogP contribution in [0.3, 0.4) is 0 Å². The fourth-order valence-corrected chi connectivity index (χ4v) is 2.94. The molecule has 1 fully saturated rings. The number of likely N-dealkylation sites (tertiary alicyclic amines) is 1. The number of pyridine rings is 1. The Bertz CT molecular complexity index is 797. The van der Waals surface area contributed by atoms with E-state index in [1.54, 1.807) is 4.90 Å². The zero-order valence-corrected chi connectivity index (χ0v) is 14.1. The van der Waals surface area contributed by atoms with Crippen molar-refractivity contribution in [3.63, 3.8) is 0 Å². The number of amides is 2. The Hall–Kier alpha value is -3.22. The van der Waals surface area contributed by atoms with Crippen molar-refractivity contribution in [3.05, 3.63) is 59.9 Å². The van der Waals surface area contributed by atoms with Crippen LogP contribution in [0.15, 0.2) is 48.7 Å². The lowest BCUT2D eigenvalue weighted by molar-refractivity contribution is -0.121. The van der Waals surface area contributed by atoms with E-state index in [2.05, 4.69) is 10.3 Å². The van der Waals surface area contributed by atoms with Gasteiger partial charge in [-0.1, -0.05) is 18.2 Å². The van der Waals surface area contributed by atoms with Gasteiger partial charge in [-0.05, 0) is 37.1 Å². The van der Waals surface area contributed by atoms with Crippen LogP contribution in [-0.2, 0) is 4.79 Å². The number of hydrogen-bond acceptors (Lipinski definition) is 4. The second-order valence-electron chi connectivity index (χ2n) is 6.16. The van der Waals surface area contributed by atoms with Crippen LogP contribution in [0.1, 0.15) is 33.7 Å². The van der Waals surface area contributed by atoms with Crippen molar-refractivity contribution in [1.29, 1.82) is 0 Å². The van der Waals surface area contributed by atoms with Crippen molar-refractivity contribution < 1.29 is 19.5 Å². The van der Waals surface area contributed by atoms with Crippen LogP contribution < -0.4 is 5.32 Å². The molecule has 134 valence electrons. The molecule has 0 bridgehead atoms. The molecule has 2 heterocycles. The van der Waals surface area contributed by atoms with E-state index >= 15 is 0 Å². The number of rotatable bonds is 4. The Labute approximate surface area is 150 Å². The van der Waals surface area contributed by atoms with Crippen LogP contribution in [-0.4, -0.2) is 45.9 Å². The van der Waals surface area contributed by atoms with Crippen molar-refractivity contribution >= 4 is 23.5 Å². The number of carboxylic acids is 1. The van der Waals surface area contributed by atoms with Gasteiger partial charge in [0.1, 0.15) is 5.69 Å². The van der Waals surface area contributed by atoms with E-state index < -0.39 is 5.97 Å². The molecule has 2 amide bonds. The second-order valence-corrected chi connectivity index (χ2v) is 6.16. The maximum absolute atomic E-state index is 12.5. The van der Waals surface area contributed by atoms with Crippen molar-refractivity contribution in [1.82, 2.24) is 9.88 Å². The van der Waals surface area contributed by atoms with Crippen LogP contribution in [0.4, 0.5) is 5.69 Å². The number of carbonyl (C=O) groups is 3. The van der Waals surface area contributed by atoms with Gasteiger partial charge in [0.05, 0.1) is 5.56 Å². The molecule has 1 aliphatic rings. The van der Waals surface area contributed by atoms with Gasteiger partial charge in [-0.15, -0.1) is 0 Å². The predicted molar refractivity (Wildman–Crippen MR) is 94.9 cm³/mol. The highest BCUT2D eigenvalue weighted by Crippen LogP contribution is 2.21. The maximum Gasteiger partial charge on any atom is 0.354 e. The SMILES string of the molecule is O=C(O)c1ccc(C(=O)N2CCC(C(=O)Nc3ccccc3)CC2)cn1. The lowest BCUT2D eigenvalue weighted by Crippen LogP contribution is -2.41. The van der Waals surface area contributed by atoms with Crippen LogP contribution in [0.5, 0.6) is 0 Å². The minimum Gasteiger partial charge on any atom is -0.477 e. The molecular formula is C19H19N3O4. The largest absolute Gasteiger partial charge is 0.477 e. The van der Waals surface area contributed by atoms with Crippen molar-refractivity contribution in [2.24, 2.45) is 5.92 Å². The lowest BCUT2D eigenvalue weighted by atomic mass is 9.95. The van der Waals surface area contributed by atoms with E-state index in [0.717, 1.165) is 5.69 Å². The molecule has 0 saturated carbocycles. The summed E-state index contributed by atoms with van der Waals surface area (Å²) in [5.41, 5.74) is 1.01. The predicted octanol–water partition coefficient (Wildman–Crippen LogP) is 2.27. The Morgan fingerprint density at radius 2 is 1.73 bits per heavy atom. The van der Waals surface area contributed by atoms with Crippen LogP contribution in [0.2, 0.25) is 0 Å². The molecule has 1 saturated heterocycles. The molecular weight excluding hydrogens is 334 g/mol. The summed E-state index contributed by atoms with van der Waals surface area (Å²) >= 11 is 0. The number of piperidine rings is 1. The molecule has 0 aliphatic carbocycles. The number of benzene rings is 1. The van der Waals surface area contributed by atoms with Crippen LogP contribution >= 0.6 is 0 Å². The molecule has 0 radical (unpaired) electrons. The highest BCUT2D eigenvalue weighted by atomic mass is 16.4. The number of para-hydroxylation sites is 1. The molecule has 7 heteroatoms. The molecule has 0 unspecified atom stereocenters. The van der Waals surface area contributed by atoms with E-state index in [4.69, 9.17) is 5.11 Å². The third-order valence-electron chi connectivity index (χ3n) is 4.42. The van der Waals surface area contributed by atoms with Crippen molar-refractivity contribution in [2.45, 2.75) is 12.8 Å². The first kappa shape index (κ1) is 17.6. The lowest BCUT2D eigenvalue weighted by Gasteiger charge is -2.31. The molecule has 1 aromatic carbocycles. The topological polar surface area (TPSA) is 99.6 Å². The fraction of sp³-hybridized carbons (Fsp3) is 0.263. The molecule has 0 atom stereocenters. The van der Waals surface area contributed by atoms with Gasteiger partial charge in [-0.25, -0.2) is 9.78 Å². The van der Waals surface area contributed by atoms with Crippen LogP contribution in [0.25, 0.3) is 0 Å². The van der Waals surface area contributed by atoms with Crippen molar-refractivity contribution in [3.8, 4) is 0 Å². The highest BCUT2D eigenvalue weighted by Gasteiger charge is 2.28. The molecule has 1 aliphatic heterocycles. The van der Waals surface area contributed by atoms with Gasteiger partial charge in [-0.2, -0.15) is 0 Å². The molecule has 2 N–H and O–H groups in total. The smallest absolute Gasteiger partial charge is 0.354 e. The van der Waals surface area contributed by atoms with E-state index in [9.17, 15) is 14.4 Å². The first-order chi connectivity index (χ1) is 12.5. The standard InChI is InChI=1S/C19H19N3O4/c23-17(21-15-4-2-1-3-5-15)13-8-10-22(11-9-13)18(24)14-6-7-16(19(25)26)20-12-14/h1-7,12-13H,8-11H2,(H,21,23)(H,25,26). The summed E-state index contributed by atoms with van der Waals surface area (Å²) in [7, 11) is 0. The molecule has 2 aromatic rings.